The van der Waals surface area contributed by atoms with Crippen molar-refractivity contribution in [2.45, 2.75) is 39.3 Å². The Bertz CT molecular complexity index is 738. The smallest absolute Gasteiger partial charge is 0.225 e. The summed E-state index contributed by atoms with van der Waals surface area (Å²) in [6.07, 6.45) is 9.96. The second kappa shape index (κ2) is 7.56. The van der Waals surface area contributed by atoms with Gasteiger partial charge in [0.15, 0.2) is 0 Å². The van der Waals surface area contributed by atoms with Crippen LogP contribution in [0.25, 0.3) is 0 Å². The number of nitrogens with zero attached hydrogens (tertiary/aromatic N) is 6. The third-order valence-electron chi connectivity index (χ3n) is 6.31. The molecule has 2 aliphatic rings. The van der Waals surface area contributed by atoms with Crippen molar-refractivity contribution in [1.29, 1.82) is 0 Å². The van der Waals surface area contributed by atoms with E-state index in [9.17, 15) is 5.11 Å². The minimum absolute atomic E-state index is 0.173. The van der Waals surface area contributed by atoms with Gasteiger partial charge in [0.1, 0.15) is 0 Å². The number of piperidine rings is 1. The average molecular weight is 371 g/mol. The van der Waals surface area contributed by atoms with Crippen LogP contribution < -0.4 is 4.90 Å². The number of hydrogen-bond donors (Lipinski definition) is 1. The second-order valence-corrected chi connectivity index (χ2v) is 8.37. The van der Waals surface area contributed by atoms with E-state index in [1.54, 1.807) is 12.4 Å². The lowest BCUT2D eigenvalue weighted by Gasteiger charge is -2.42. The van der Waals surface area contributed by atoms with Crippen LogP contribution in [0.1, 0.15) is 38.3 Å². The Morgan fingerprint density at radius 3 is 2.59 bits per heavy atom. The normalized spacial score (nSPS) is 22.8. The summed E-state index contributed by atoms with van der Waals surface area (Å²) in [4.78, 5) is 13.6. The highest BCUT2D eigenvalue weighted by Gasteiger charge is 2.48. The molecule has 2 fully saturated rings. The molecule has 0 bridgehead atoms. The maximum absolute atomic E-state index is 10.0. The molecule has 4 rings (SSSR count). The van der Waals surface area contributed by atoms with Crippen molar-refractivity contribution < 1.29 is 5.11 Å². The standard InChI is InChI=1S/C20H30N6O/c1-16(2)26-12-17(10-23-26)11-24-8-4-20(5-9-24)15-25(13-18(20)14-27)19-21-6-3-7-22-19/h3,6-7,10,12,16,18,27H,4-5,8-9,11,13-15H2,1-2H3. The molecule has 2 aliphatic heterocycles. The molecule has 2 saturated heterocycles. The van der Waals surface area contributed by atoms with E-state index in [0.717, 1.165) is 51.5 Å². The highest BCUT2D eigenvalue weighted by atomic mass is 16.3. The first-order valence-electron chi connectivity index (χ1n) is 9.98. The molecule has 1 spiro atoms. The first kappa shape index (κ1) is 18.4. The maximum atomic E-state index is 10.0. The predicted octanol–water partition coefficient (Wildman–Crippen LogP) is 1.96. The Hall–Kier alpha value is -1.99. The molecule has 146 valence electrons. The summed E-state index contributed by atoms with van der Waals surface area (Å²) in [5.74, 6) is 1.09. The van der Waals surface area contributed by atoms with Crippen LogP contribution in [0.5, 0.6) is 0 Å². The van der Waals surface area contributed by atoms with Crippen LogP contribution in [0.4, 0.5) is 5.95 Å². The largest absolute Gasteiger partial charge is 0.396 e. The number of aliphatic hydroxyl groups is 1. The van der Waals surface area contributed by atoms with Crippen molar-refractivity contribution in [3.63, 3.8) is 0 Å². The van der Waals surface area contributed by atoms with E-state index in [1.807, 2.05) is 16.9 Å². The second-order valence-electron chi connectivity index (χ2n) is 8.37. The maximum Gasteiger partial charge on any atom is 0.225 e. The van der Waals surface area contributed by atoms with Crippen LogP contribution >= 0.6 is 0 Å². The fourth-order valence-corrected chi connectivity index (χ4v) is 4.61. The van der Waals surface area contributed by atoms with E-state index < -0.39 is 0 Å². The molecule has 1 N–H and O–H groups in total. The van der Waals surface area contributed by atoms with Gasteiger partial charge in [0.2, 0.25) is 5.95 Å². The summed E-state index contributed by atoms with van der Waals surface area (Å²) >= 11 is 0. The van der Waals surface area contributed by atoms with Crippen molar-refractivity contribution in [3.8, 4) is 0 Å². The topological polar surface area (TPSA) is 70.3 Å². The average Bonchev–Trinajstić information content (AvgIpc) is 3.30. The number of aliphatic hydroxyl groups excluding tert-OH is 1. The lowest BCUT2D eigenvalue weighted by molar-refractivity contribution is 0.0506. The van der Waals surface area contributed by atoms with Crippen LogP contribution in [0.15, 0.2) is 30.9 Å². The summed E-state index contributed by atoms with van der Waals surface area (Å²) in [5.41, 5.74) is 1.45. The van der Waals surface area contributed by atoms with Crippen molar-refractivity contribution in [2.75, 3.05) is 37.7 Å². The first-order valence-corrected chi connectivity index (χ1v) is 9.98. The third-order valence-corrected chi connectivity index (χ3v) is 6.31. The Balaban J connectivity index is 1.39. The van der Waals surface area contributed by atoms with E-state index in [0.29, 0.717) is 12.0 Å². The van der Waals surface area contributed by atoms with Gasteiger partial charge in [0.05, 0.1) is 6.20 Å². The van der Waals surface area contributed by atoms with Crippen molar-refractivity contribution >= 4 is 5.95 Å². The molecule has 1 unspecified atom stereocenters. The van der Waals surface area contributed by atoms with Gasteiger partial charge < -0.3 is 10.0 Å². The molecule has 27 heavy (non-hydrogen) atoms. The molecule has 0 radical (unpaired) electrons. The van der Waals surface area contributed by atoms with E-state index in [1.165, 1.54) is 5.56 Å². The van der Waals surface area contributed by atoms with Gasteiger partial charge in [0.25, 0.3) is 0 Å². The predicted molar refractivity (Wildman–Crippen MR) is 104 cm³/mol. The molecule has 4 heterocycles. The summed E-state index contributed by atoms with van der Waals surface area (Å²) in [7, 11) is 0. The van der Waals surface area contributed by atoms with Gasteiger partial charge in [-0.15, -0.1) is 0 Å². The number of rotatable bonds is 5. The van der Waals surface area contributed by atoms with Crippen molar-refractivity contribution in [2.24, 2.45) is 11.3 Å². The lowest BCUT2D eigenvalue weighted by Crippen LogP contribution is -2.44. The zero-order chi connectivity index (χ0) is 18.9. The molecule has 0 amide bonds. The Kier molecular flexibility index (Phi) is 5.14. The molecule has 7 nitrogen and oxygen atoms in total. The van der Waals surface area contributed by atoms with E-state index >= 15 is 0 Å². The van der Waals surface area contributed by atoms with Gasteiger partial charge in [-0.25, -0.2) is 9.97 Å². The molecule has 7 heteroatoms. The van der Waals surface area contributed by atoms with Crippen LogP contribution in [-0.2, 0) is 6.54 Å². The zero-order valence-corrected chi connectivity index (χ0v) is 16.3. The summed E-state index contributed by atoms with van der Waals surface area (Å²) in [6, 6.07) is 2.25. The number of aromatic nitrogens is 4. The van der Waals surface area contributed by atoms with Gasteiger partial charge in [-0.1, -0.05) is 0 Å². The summed E-state index contributed by atoms with van der Waals surface area (Å²) in [5, 5.41) is 14.5. The van der Waals surface area contributed by atoms with Crippen molar-refractivity contribution in [1.82, 2.24) is 24.6 Å². The highest BCUT2D eigenvalue weighted by molar-refractivity contribution is 5.33. The Morgan fingerprint density at radius 2 is 1.96 bits per heavy atom. The molecule has 0 aromatic carbocycles. The van der Waals surface area contributed by atoms with Crippen LogP contribution in [0, 0.1) is 11.3 Å². The fraction of sp³-hybridized carbons (Fsp3) is 0.650. The number of hydrogen-bond acceptors (Lipinski definition) is 6. The van der Waals surface area contributed by atoms with Crippen LogP contribution in [-0.4, -0.2) is 62.5 Å². The molecule has 2 aromatic heterocycles. The minimum Gasteiger partial charge on any atom is -0.396 e. The molecule has 1 atom stereocenters. The van der Waals surface area contributed by atoms with Gasteiger partial charge in [-0.05, 0) is 51.3 Å². The number of likely N-dealkylation sites (tertiary alicyclic amines) is 1. The van der Waals surface area contributed by atoms with E-state index in [-0.39, 0.29) is 12.0 Å². The monoisotopic (exact) mass is 370 g/mol. The third kappa shape index (κ3) is 3.71. The van der Waals surface area contributed by atoms with Crippen LogP contribution in [0.2, 0.25) is 0 Å². The van der Waals surface area contributed by atoms with Gasteiger partial charge in [-0.3, -0.25) is 9.58 Å². The quantitative estimate of drug-likeness (QED) is 0.868. The fourth-order valence-electron chi connectivity index (χ4n) is 4.61. The summed E-state index contributed by atoms with van der Waals surface area (Å²) < 4.78 is 2.03. The molecule has 2 aromatic rings. The zero-order valence-electron chi connectivity index (χ0n) is 16.3. The molecular formula is C20H30N6O. The summed E-state index contributed by atoms with van der Waals surface area (Å²) in [6.45, 7) is 9.42. The van der Waals surface area contributed by atoms with E-state index in [2.05, 4.69) is 44.9 Å². The molecule has 0 aliphatic carbocycles. The SMILES string of the molecule is CC(C)n1cc(CN2CCC3(CC2)CN(c2ncccn2)CC3CO)cn1. The van der Waals surface area contributed by atoms with Crippen molar-refractivity contribution in [3.05, 3.63) is 36.4 Å². The van der Waals surface area contributed by atoms with Crippen LogP contribution in [0.3, 0.4) is 0 Å². The Labute approximate surface area is 161 Å². The molecule has 0 saturated carbocycles. The van der Waals surface area contributed by atoms with Gasteiger partial charge in [0, 0.05) is 62.4 Å². The minimum atomic E-state index is 0.173. The lowest BCUT2D eigenvalue weighted by atomic mass is 9.71. The number of anilines is 1. The highest BCUT2D eigenvalue weighted by Crippen LogP contribution is 2.45. The van der Waals surface area contributed by atoms with Gasteiger partial charge in [-0.2, -0.15) is 5.10 Å². The molecular weight excluding hydrogens is 340 g/mol. The first-order chi connectivity index (χ1) is 13.1. The Morgan fingerprint density at radius 1 is 1.22 bits per heavy atom. The van der Waals surface area contributed by atoms with Gasteiger partial charge >= 0.3 is 0 Å². The van der Waals surface area contributed by atoms with E-state index in [4.69, 9.17) is 0 Å².